The molecule has 10 heteroatoms. The van der Waals surface area contributed by atoms with Crippen LogP contribution in [-0.4, -0.2) is 61.3 Å². The minimum atomic E-state index is -0.0362. The zero-order chi connectivity index (χ0) is 23.7. The minimum Gasteiger partial charge on any atom is -0.320 e. The second-order valence-corrected chi connectivity index (χ2v) is 9.02. The SMILES string of the molecule is C=CCN1CCC(N2C(=O)N(Cc3ccccc3)Cc3cnc(Nc4cn(C)nc4Cl)nc32)C1. The summed E-state index contributed by atoms with van der Waals surface area (Å²) >= 11 is 6.20. The number of aryl methyl sites for hydroxylation is 1. The van der Waals surface area contributed by atoms with Gasteiger partial charge in [0.2, 0.25) is 5.95 Å². The monoisotopic (exact) mass is 478 g/mol. The van der Waals surface area contributed by atoms with Crippen molar-refractivity contribution < 1.29 is 4.79 Å². The first-order chi connectivity index (χ1) is 16.5. The van der Waals surface area contributed by atoms with Crippen LogP contribution < -0.4 is 10.2 Å². The molecular formula is C24H27ClN8O. The van der Waals surface area contributed by atoms with Crippen molar-refractivity contribution in [3.63, 3.8) is 0 Å². The highest BCUT2D eigenvalue weighted by Crippen LogP contribution is 2.33. The number of halogens is 1. The molecule has 2 aromatic heterocycles. The van der Waals surface area contributed by atoms with Gasteiger partial charge in [-0.3, -0.25) is 14.5 Å². The van der Waals surface area contributed by atoms with E-state index in [4.69, 9.17) is 16.6 Å². The van der Waals surface area contributed by atoms with Crippen LogP contribution in [0.5, 0.6) is 0 Å². The van der Waals surface area contributed by atoms with Crippen molar-refractivity contribution in [3.8, 4) is 0 Å². The van der Waals surface area contributed by atoms with E-state index in [9.17, 15) is 4.79 Å². The van der Waals surface area contributed by atoms with Gasteiger partial charge in [-0.1, -0.05) is 48.0 Å². The molecule has 1 N–H and O–H groups in total. The highest BCUT2D eigenvalue weighted by molar-refractivity contribution is 6.32. The van der Waals surface area contributed by atoms with Crippen molar-refractivity contribution in [3.05, 3.63) is 71.7 Å². The minimum absolute atomic E-state index is 0.0227. The molecule has 3 aromatic rings. The molecule has 1 unspecified atom stereocenters. The smallest absolute Gasteiger partial charge is 0.320 e. The fourth-order valence-electron chi connectivity index (χ4n) is 4.59. The molecule has 1 saturated heterocycles. The number of fused-ring (bicyclic) bond motifs is 1. The molecule has 5 rings (SSSR count). The van der Waals surface area contributed by atoms with Gasteiger partial charge in [0.1, 0.15) is 5.82 Å². The Bertz CT molecular complexity index is 1200. The molecular weight excluding hydrogens is 452 g/mol. The fraction of sp³-hybridized carbons (Fsp3) is 0.333. The van der Waals surface area contributed by atoms with Gasteiger partial charge in [0, 0.05) is 51.2 Å². The molecule has 0 aliphatic carbocycles. The summed E-state index contributed by atoms with van der Waals surface area (Å²) in [6.45, 7) is 7.33. The molecule has 1 fully saturated rings. The molecule has 2 aliphatic heterocycles. The lowest BCUT2D eigenvalue weighted by Crippen LogP contribution is -2.52. The molecule has 4 heterocycles. The van der Waals surface area contributed by atoms with E-state index in [2.05, 4.69) is 26.9 Å². The molecule has 1 aromatic carbocycles. The van der Waals surface area contributed by atoms with Gasteiger partial charge in [0.25, 0.3) is 0 Å². The van der Waals surface area contributed by atoms with E-state index in [1.54, 1.807) is 24.1 Å². The number of hydrogen-bond acceptors (Lipinski definition) is 6. The van der Waals surface area contributed by atoms with Crippen LogP contribution in [0.25, 0.3) is 0 Å². The number of urea groups is 1. The number of nitrogens with one attached hydrogen (secondary N) is 1. The third-order valence-electron chi connectivity index (χ3n) is 6.15. The normalized spacial score (nSPS) is 18.3. The lowest BCUT2D eigenvalue weighted by atomic mass is 10.1. The van der Waals surface area contributed by atoms with Gasteiger partial charge in [-0.05, 0) is 12.0 Å². The van der Waals surface area contributed by atoms with Crippen LogP contribution in [0.4, 0.5) is 22.2 Å². The van der Waals surface area contributed by atoms with Crippen LogP contribution in [-0.2, 0) is 20.1 Å². The van der Waals surface area contributed by atoms with Crippen LogP contribution in [0.15, 0.2) is 55.4 Å². The molecule has 2 aliphatic rings. The second kappa shape index (κ2) is 9.44. The summed E-state index contributed by atoms with van der Waals surface area (Å²) in [6.07, 6.45) is 6.33. The van der Waals surface area contributed by atoms with E-state index < -0.39 is 0 Å². The van der Waals surface area contributed by atoms with Gasteiger partial charge in [-0.2, -0.15) is 10.1 Å². The molecule has 1 atom stereocenters. The predicted octanol–water partition coefficient (Wildman–Crippen LogP) is 3.81. The number of hydrogen-bond donors (Lipinski definition) is 1. The maximum absolute atomic E-state index is 13.8. The quantitative estimate of drug-likeness (QED) is 0.520. The van der Waals surface area contributed by atoms with Crippen molar-refractivity contribution in [2.24, 2.45) is 7.05 Å². The van der Waals surface area contributed by atoms with Crippen molar-refractivity contribution in [1.29, 1.82) is 0 Å². The number of benzene rings is 1. The summed E-state index contributed by atoms with van der Waals surface area (Å²) in [5.41, 5.74) is 2.62. The zero-order valence-corrected chi connectivity index (χ0v) is 19.8. The van der Waals surface area contributed by atoms with E-state index in [0.717, 1.165) is 37.2 Å². The van der Waals surface area contributed by atoms with Crippen molar-refractivity contribution in [1.82, 2.24) is 29.5 Å². The number of aromatic nitrogens is 4. The van der Waals surface area contributed by atoms with Crippen LogP contribution in [0.3, 0.4) is 0 Å². The molecule has 0 radical (unpaired) electrons. The molecule has 0 bridgehead atoms. The molecule has 0 spiro atoms. The summed E-state index contributed by atoms with van der Waals surface area (Å²) < 4.78 is 1.62. The molecule has 176 valence electrons. The summed E-state index contributed by atoms with van der Waals surface area (Å²) in [6, 6.07) is 10.0. The lowest BCUT2D eigenvalue weighted by molar-refractivity contribution is 0.191. The number of nitrogens with zero attached hydrogens (tertiary/aromatic N) is 7. The first-order valence-corrected chi connectivity index (χ1v) is 11.7. The Hall–Kier alpha value is -3.43. The fourth-order valence-corrected chi connectivity index (χ4v) is 4.80. The van der Waals surface area contributed by atoms with Crippen molar-refractivity contribution in [2.75, 3.05) is 29.9 Å². The number of likely N-dealkylation sites (tertiary alicyclic amines) is 1. The molecule has 34 heavy (non-hydrogen) atoms. The maximum Gasteiger partial charge on any atom is 0.326 e. The van der Waals surface area contributed by atoms with Crippen LogP contribution in [0, 0.1) is 0 Å². The third kappa shape index (κ3) is 4.49. The van der Waals surface area contributed by atoms with E-state index in [-0.39, 0.29) is 12.1 Å². The standard InChI is InChI=1S/C24H27ClN8O/c1-3-10-31-11-9-19(15-31)33-22-18(14-32(24(33)34)13-17-7-5-4-6-8-17)12-26-23(28-22)27-20-16-30(2)29-21(20)25/h3-8,12,16,19H,1,9-11,13-15H2,2H3,(H,26,27,28). The van der Waals surface area contributed by atoms with Gasteiger partial charge < -0.3 is 10.2 Å². The van der Waals surface area contributed by atoms with E-state index in [1.165, 1.54) is 0 Å². The molecule has 0 saturated carbocycles. The zero-order valence-electron chi connectivity index (χ0n) is 19.1. The molecule has 2 amide bonds. The number of amides is 2. The summed E-state index contributed by atoms with van der Waals surface area (Å²) in [4.78, 5) is 29.1. The summed E-state index contributed by atoms with van der Waals surface area (Å²) in [5.74, 6) is 1.03. The van der Waals surface area contributed by atoms with Crippen LogP contribution in [0.2, 0.25) is 5.15 Å². The first-order valence-electron chi connectivity index (χ1n) is 11.3. The highest BCUT2D eigenvalue weighted by atomic mass is 35.5. The average Bonchev–Trinajstić information content (AvgIpc) is 3.41. The summed E-state index contributed by atoms with van der Waals surface area (Å²) in [5, 5.41) is 7.61. The Kier molecular flexibility index (Phi) is 6.21. The number of carbonyl (C=O) groups excluding carboxylic acids is 1. The van der Waals surface area contributed by atoms with Crippen LogP contribution >= 0.6 is 11.6 Å². The highest BCUT2D eigenvalue weighted by Gasteiger charge is 2.39. The van der Waals surface area contributed by atoms with Gasteiger partial charge in [0.15, 0.2) is 5.15 Å². The number of carbonyl (C=O) groups is 1. The average molecular weight is 479 g/mol. The van der Waals surface area contributed by atoms with E-state index in [1.807, 2.05) is 46.2 Å². The molecule has 9 nitrogen and oxygen atoms in total. The number of anilines is 3. The second-order valence-electron chi connectivity index (χ2n) is 8.66. The summed E-state index contributed by atoms with van der Waals surface area (Å²) in [7, 11) is 1.79. The number of rotatable bonds is 7. The van der Waals surface area contributed by atoms with Gasteiger partial charge in [-0.25, -0.2) is 9.78 Å². The van der Waals surface area contributed by atoms with Crippen LogP contribution in [0.1, 0.15) is 17.5 Å². The van der Waals surface area contributed by atoms with E-state index >= 15 is 0 Å². The Morgan fingerprint density at radius 2 is 2.12 bits per heavy atom. The van der Waals surface area contributed by atoms with Gasteiger partial charge in [0.05, 0.1) is 18.3 Å². The topological polar surface area (TPSA) is 82.4 Å². The van der Waals surface area contributed by atoms with Gasteiger partial charge in [-0.15, -0.1) is 6.58 Å². The van der Waals surface area contributed by atoms with E-state index in [0.29, 0.717) is 35.7 Å². The van der Waals surface area contributed by atoms with Crippen molar-refractivity contribution >= 4 is 35.1 Å². The first kappa shape index (κ1) is 22.4. The van der Waals surface area contributed by atoms with Crippen molar-refractivity contribution in [2.45, 2.75) is 25.6 Å². The lowest BCUT2D eigenvalue weighted by Gasteiger charge is -2.39. The predicted molar refractivity (Wildman–Crippen MR) is 132 cm³/mol. The largest absolute Gasteiger partial charge is 0.326 e. The third-order valence-corrected chi connectivity index (χ3v) is 6.43. The Labute approximate surface area is 203 Å². The Morgan fingerprint density at radius 3 is 2.85 bits per heavy atom. The Morgan fingerprint density at radius 1 is 1.29 bits per heavy atom. The Balaban J connectivity index is 1.47. The van der Waals surface area contributed by atoms with Gasteiger partial charge >= 0.3 is 6.03 Å². The maximum atomic E-state index is 13.8.